The molecule has 0 aliphatic rings. The molecule has 6 heteroatoms. The monoisotopic (exact) mass is 216 g/mol. The zero-order chi connectivity index (χ0) is 10.4. The van der Waals surface area contributed by atoms with Crippen molar-refractivity contribution in [1.82, 2.24) is 10.2 Å². The Morgan fingerprint density at radius 3 is 3.00 bits per heavy atom. The number of hydrogen-bond donors (Lipinski definition) is 1. The summed E-state index contributed by atoms with van der Waals surface area (Å²) in [5.41, 5.74) is 0. The first-order valence-corrected chi connectivity index (χ1v) is 5.38. The summed E-state index contributed by atoms with van der Waals surface area (Å²) in [6.45, 7) is 2.03. The molecule has 0 aromatic carbocycles. The van der Waals surface area contributed by atoms with Gasteiger partial charge in [-0.3, -0.25) is 4.79 Å². The molecule has 1 N–H and O–H groups in total. The molecule has 0 aliphatic heterocycles. The smallest absolute Gasteiger partial charge is 0.304 e. The lowest BCUT2D eigenvalue weighted by atomic mass is 10.3. The molecule has 1 heterocycles. The first-order valence-electron chi connectivity index (χ1n) is 4.39. The molecular formula is C8H12N2O3S. The fourth-order valence-corrected chi connectivity index (χ4v) is 1.54. The van der Waals surface area contributed by atoms with Gasteiger partial charge in [-0.15, -0.1) is 10.2 Å². The number of nitrogens with zero attached hydrogens (tertiary/aromatic N) is 2. The van der Waals surface area contributed by atoms with Crippen LogP contribution in [0.15, 0.2) is 9.64 Å². The van der Waals surface area contributed by atoms with Gasteiger partial charge in [0.2, 0.25) is 5.89 Å². The summed E-state index contributed by atoms with van der Waals surface area (Å²) < 4.78 is 5.25. The molecule has 0 unspecified atom stereocenters. The van der Waals surface area contributed by atoms with Crippen LogP contribution in [0.3, 0.4) is 0 Å². The number of carboxylic acids is 1. The lowest BCUT2D eigenvalue weighted by Crippen LogP contribution is -1.95. The average molecular weight is 216 g/mol. The van der Waals surface area contributed by atoms with Crippen molar-refractivity contribution in [3.63, 3.8) is 0 Å². The van der Waals surface area contributed by atoms with Crippen LogP contribution < -0.4 is 0 Å². The van der Waals surface area contributed by atoms with E-state index in [0.717, 1.165) is 12.8 Å². The van der Waals surface area contributed by atoms with Gasteiger partial charge in [0.25, 0.3) is 5.22 Å². The van der Waals surface area contributed by atoms with Crippen molar-refractivity contribution in [2.75, 3.05) is 5.75 Å². The zero-order valence-corrected chi connectivity index (χ0v) is 8.71. The number of carboxylic acid groups (broad SMARTS) is 1. The maximum atomic E-state index is 10.2. The van der Waals surface area contributed by atoms with Crippen molar-refractivity contribution in [3.8, 4) is 0 Å². The van der Waals surface area contributed by atoms with Crippen molar-refractivity contribution in [1.29, 1.82) is 0 Å². The molecule has 1 aromatic rings. The van der Waals surface area contributed by atoms with Gasteiger partial charge in [-0.2, -0.15) is 0 Å². The van der Waals surface area contributed by atoms with E-state index in [1.807, 2.05) is 6.92 Å². The molecule has 0 spiro atoms. The molecule has 0 aliphatic carbocycles. The standard InChI is InChI=1S/C8H12N2O3S/c1-2-3-6-9-10-8(13-6)14-5-4-7(11)12/h2-5H2,1H3,(H,11,12). The Kier molecular flexibility index (Phi) is 4.45. The molecule has 0 saturated heterocycles. The second kappa shape index (κ2) is 5.64. The van der Waals surface area contributed by atoms with Gasteiger partial charge in [0.15, 0.2) is 0 Å². The maximum Gasteiger partial charge on any atom is 0.304 e. The van der Waals surface area contributed by atoms with Crippen molar-refractivity contribution in [3.05, 3.63) is 5.89 Å². The predicted octanol–water partition coefficient (Wildman–Crippen LogP) is 1.59. The summed E-state index contributed by atoms with van der Waals surface area (Å²) in [5.74, 6) is 0.263. The van der Waals surface area contributed by atoms with Crippen LogP contribution in [0.2, 0.25) is 0 Å². The fourth-order valence-electron chi connectivity index (χ4n) is 0.837. The van der Waals surface area contributed by atoms with E-state index in [2.05, 4.69) is 10.2 Å². The molecule has 0 radical (unpaired) electrons. The van der Waals surface area contributed by atoms with Crippen LogP contribution >= 0.6 is 11.8 Å². The minimum Gasteiger partial charge on any atom is -0.481 e. The fraction of sp³-hybridized carbons (Fsp3) is 0.625. The molecule has 1 rings (SSSR count). The van der Waals surface area contributed by atoms with Gasteiger partial charge in [0, 0.05) is 12.2 Å². The van der Waals surface area contributed by atoms with Gasteiger partial charge >= 0.3 is 5.97 Å². The topological polar surface area (TPSA) is 76.2 Å². The maximum absolute atomic E-state index is 10.2. The SMILES string of the molecule is CCCc1nnc(SCCC(=O)O)o1. The summed E-state index contributed by atoms with van der Waals surface area (Å²) in [5, 5.41) is 16.5. The highest BCUT2D eigenvalue weighted by atomic mass is 32.2. The average Bonchev–Trinajstić information content (AvgIpc) is 2.53. The number of carbonyl (C=O) groups is 1. The van der Waals surface area contributed by atoms with Crippen molar-refractivity contribution >= 4 is 17.7 Å². The molecule has 0 saturated carbocycles. The van der Waals surface area contributed by atoms with E-state index >= 15 is 0 Å². The highest BCUT2D eigenvalue weighted by Gasteiger charge is 2.06. The minimum absolute atomic E-state index is 0.107. The van der Waals surface area contributed by atoms with E-state index in [-0.39, 0.29) is 6.42 Å². The molecule has 0 amide bonds. The lowest BCUT2D eigenvalue weighted by molar-refractivity contribution is -0.136. The van der Waals surface area contributed by atoms with Gasteiger partial charge in [-0.25, -0.2) is 0 Å². The molecule has 14 heavy (non-hydrogen) atoms. The van der Waals surface area contributed by atoms with Gasteiger partial charge in [-0.05, 0) is 6.42 Å². The number of hydrogen-bond acceptors (Lipinski definition) is 5. The van der Waals surface area contributed by atoms with Crippen molar-refractivity contribution in [2.24, 2.45) is 0 Å². The van der Waals surface area contributed by atoms with Gasteiger partial charge in [0.1, 0.15) is 0 Å². The van der Waals surface area contributed by atoms with Crippen LogP contribution in [0.25, 0.3) is 0 Å². The van der Waals surface area contributed by atoms with Crippen LogP contribution in [0, 0.1) is 0 Å². The minimum atomic E-state index is -0.814. The van der Waals surface area contributed by atoms with Gasteiger partial charge < -0.3 is 9.52 Å². The second-order valence-corrected chi connectivity index (χ2v) is 3.75. The third-order valence-electron chi connectivity index (χ3n) is 1.45. The predicted molar refractivity (Wildman–Crippen MR) is 51.3 cm³/mol. The van der Waals surface area contributed by atoms with Crippen molar-refractivity contribution < 1.29 is 14.3 Å². The van der Waals surface area contributed by atoms with E-state index in [4.69, 9.17) is 9.52 Å². The first kappa shape index (κ1) is 11.0. The molecule has 5 nitrogen and oxygen atoms in total. The molecule has 0 fully saturated rings. The molecule has 0 atom stereocenters. The molecule has 1 aromatic heterocycles. The van der Waals surface area contributed by atoms with E-state index in [1.54, 1.807) is 0 Å². The van der Waals surface area contributed by atoms with Crippen LogP contribution in [0.4, 0.5) is 0 Å². The third-order valence-corrected chi connectivity index (χ3v) is 2.27. The summed E-state index contributed by atoms with van der Waals surface area (Å²) >= 11 is 1.27. The van der Waals surface area contributed by atoms with E-state index in [1.165, 1.54) is 11.8 Å². The van der Waals surface area contributed by atoms with Crippen LogP contribution in [0.5, 0.6) is 0 Å². The summed E-state index contributed by atoms with van der Waals surface area (Å²) in [6.07, 6.45) is 1.84. The third kappa shape index (κ3) is 3.78. The van der Waals surface area contributed by atoms with Crippen molar-refractivity contribution in [2.45, 2.75) is 31.4 Å². The Morgan fingerprint density at radius 1 is 1.57 bits per heavy atom. The molecule has 0 bridgehead atoms. The normalized spacial score (nSPS) is 10.4. The highest BCUT2D eigenvalue weighted by Crippen LogP contribution is 2.17. The zero-order valence-electron chi connectivity index (χ0n) is 7.89. The summed E-state index contributed by atoms with van der Waals surface area (Å²) in [7, 11) is 0. The summed E-state index contributed by atoms with van der Waals surface area (Å²) in [6, 6.07) is 0. The molecule has 78 valence electrons. The lowest BCUT2D eigenvalue weighted by Gasteiger charge is -1.91. The Labute approximate surface area is 85.9 Å². The van der Waals surface area contributed by atoms with Gasteiger partial charge in [0.05, 0.1) is 6.42 Å². The Balaban J connectivity index is 2.32. The Morgan fingerprint density at radius 2 is 2.36 bits per heavy atom. The molecular weight excluding hydrogens is 204 g/mol. The highest BCUT2D eigenvalue weighted by molar-refractivity contribution is 7.99. The number of aliphatic carboxylic acids is 1. The van der Waals surface area contributed by atoms with E-state index in [9.17, 15) is 4.79 Å². The summed E-state index contributed by atoms with van der Waals surface area (Å²) in [4.78, 5) is 10.2. The number of aryl methyl sites for hydroxylation is 1. The van der Waals surface area contributed by atoms with Crippen LogP contribution in [0.1, 0.15) is 25.7 Å². The quantitative estimate of drug-likeness (QED) is 0.728. The number of rotatable bonds is 6. The number of thioether (sulfide) groups is 1. The van der Waals surface area contributed by atoms with Crippen LogP contribution in [-0.2, 0) is 11.2 Å². The first-order chi connectivity index (χ1) is 6.72. The second-order valence-electron chi connectivity index (χ2n) is 2.70. The number of aromatic nitrogens is 2. The van der Waals surface area contributed by atoms with E-state index < -0.39 is 5.97 Å². The Hall–Kier alpha value is -1.04. The Bertz CT molecular complexity index is 301. The van der Waals surface area contributed by atoms with E-state index in [0.29, 0.717) is 16.9 Å². The largest absolute Gasteiger partial charge is 0.481 e. The van der Waals surface area contributed by atoms with Crippen LogP contribution in [-0.4, -0.2) is 27.0 Å². The van der Waals surface area contributed by atoms with Gasteiger partial charge in [-0.1, -0.05) is 18.7 Å².